The summed E-state index contributed by atoms with van der Waals surface area (Å²) in [6.07, 6.45) is 11.7. The van der Waals surface area contributed by atoms with Gasteiger partial charge in [0, 0.05) is 46.3 Å². The second-order valence-corrected chi connectivity index (χ2v) is 15.2. The molecule has 2 aliphatic carbocycles. The molecule has 2 N–H and O–H groups in total. The molecule has 0 radical (unpaired) electrons. The lowest BCUT2D eigenvalue weighted by atomic mass is 9.58. The molecule has 6 heteroatoms. The predicted octanol–water partition coefficient (Wildman–Crippen LogP) is 10.7. The lowest BCUT2D eigenvalue weighted by Crippen LogP contribution is -2.38. The number of anilines is 1. The first-order valence-corrected chi connectivity index (χ1v) is 19.9. The Hall–Kier alpha value is -4.78. The van der Waals surface area contributed by atoms with Crippen LogP contribution in [0.3, 0.4) is 0 Å². The van der Waals surface area contributed by atoms with Crippen molar-refractivity contribution in [1.82, 2.24) is 0 Å². The maximum absolute atomic E-state index is 9.39. The van der Waals surface area contributed by atoms with E-state index in [1.165, 1.54) is 58.9 Å². The molecule has 8 rings (SSSR count). The van der Waals surface area contributed by atoms with Crippen LogP contribution < -0.4 is 19.5 Å². The van der Waals surface area contributed by atoms with Crippen molar-refractivity contribution in [2.75, 3.05) is 45.4 Å². The zero-order valence-electron chi connectivity index (χ0n) is 32.2. The van der Waals surface area contributed by atoms with Crippen LogP contribution in [0, 0.1) is 5.41 Å². The largest absolute Gasteiger partial charge is 0.497 e. The van der Waals surface area contributed by atoms with Gasteiger partial charge in [-0.3, -0.25) is 0 Å². The number of ether oxygens (including phenoxy) is 4. The van der Waals surface area contributed by atoms with Crippen LogP contribution in [0.1, 0.15) is 87.1 Å². The van der Waals surface area contributed by atoms with E-state index in [1.54, 1.807) is 7.11 Å². The Morgan fingerprint density at radius 3 is 2.17 bits per heavy atom. The molecule has 1 saturated carbocycles. The van der Waals surface area contributed by atoms with Gasteiger partial charge in [-0.2, -0.15) is 0 Å². The maximum atomic E-state index is 9.39. The van der Waals surface area contributed by atoms with Gasteiger partial charge in [-0.15, -0.1) is 0 Å². The number of fused-ring (bicyclic) bond motifs is 10. The van der Waals surface area contributed by atoms with Crippen LogP contribution in [0.15, 0.2) is 97.1 Å². The van der Waals surface area contributed by atoms with E-state index in [2.05, 4.69) is 110 Å². The minimum Gasteiger partial charge on any atom is -0.497 e. The second kappa shape index (κ2) is 14.8. The highest BCUT2D eigenvalue weighted by Crippen LogP contribution is 2.64. The van der Waals surface area contributed by atoms with Crippen molar-refractivity contribution in [3.63, 3.8) is 0 Å². The molecule has 1 fully saturated rings. The average molecular weight is 724 g/mol. The summed E-state index contributed by atoms with van der Waals surface area (Å²) >= 11 is 0. The van der Waals surface area contributed by atoms with Crippen molar-refractivity contribution in [2.24, 2.45) is 5.41 Å². The Balaban J connectivity index is 1.33. The predicted molar refractivity (Wildman–Crippen MR) is 219 cm³/mol. The molecule has 1 spiro atoms. The van der Waals surface area contributed by atoms with E-state index in [1.807, 2.05) is 19.1 Å². The minimum absolute atomic E-state index is 0.0383. The molecule has 1 aliphatic heterocycles. The lowest BCUT2D eigenvalue weighted by molar-refractivity contribution is 0.132. The highest BCUT2D eigenvalue weighted by Gasteiger charge is 2.51. The molecular weight excluding hydrogens is 671 g/mol. The summed E-state index contributed by atoms with van der Waals surface area (Å²) in [6.45, 7) is 9.07. The van der Waals surface area contributed by atoms with Gasteiger partial charge in [0.25, 0.3) is 0 Å². The van der Waals surface area contributed by atoms with Crippen LogP contribution in [0.2, 0.25) is 0 Å². The van der Waals surface area contributed by atoms with E-state index in [-0.39, 0.29) is 18.6 Å². The van der Waals surface area contributed by atoms with Crippen LogP contribution in [-0.2, 0) is 15.8 Å². The molecule has 5 aromatic carbocycles. The molecule has 0 bridgehead atoms. The SMILES string of the molecule is CCOCCNc1ccc(C2(c3ccc(OCCO)cc3)C=Cc3c4c(c5ccc(OC)cc5c3O2)-c2ccccc2C42CCC(CC)(CC)CC2)cc1. The second-order valence-electron chi connectivity index (χ2n) is 15.2. The Morgan fingerprint density at radius 1 is 0.778 bits per heavy atom. The van der Waals surface area contributed by atoms with Crippen LogP contribution in [-0.4, -0.2) is 45.2 Å². The molecule has 54 heavy (non-hydrogen) atoms. The fraction of sp³-hybridized carbons (Fsp3) is 0.375. The fourth-order valence-corrected chi connectivity index (χ4v) is 9.65. The minimum atomic E-state index is -0.929. The Morgan fingerprint density at radius 2 is 1.48 bits per heavy atom. The monoisotopic (exact) mass is 723 g/mol. The molecule has 1 heterocycles. The summed E-state index contributed by atoms with van der Waals surface area (Å²) in [5.41, 5.74) is 9.16. The van der Waals surface area contributed by atoms with Crippen molar-refractivity contribution in [3.8, 4) is 28.4 Å². The molecule has 1 atom stereocenters. The van der Waals surface area contributed by atoms with Crippen molar-refractivity contribution in [2.45, 2.75) is 70.3 Å². The summed E-state index contributed by atoms with van der Waals surface area (Å²) in [5.74, 6) is 2.40. The van der Waals surface area contributed by atoms with Crippen molar-refractivity contribution in [3.05, 3.63) is 125 Å². The summed E-state index contributed by atoms with van der Waals surface area (Å²) in [7, 11) is 1.73. The number of hydrogen-bond donors (Lipinski definition) is 2. The van der Waals surface area contributed by atoms with Crippen LogP contribution in [0.5, 0.6) is 17.2 Å². The third-order valence-corrected chi connectivity index (χ3v) is 12.8. The first-order chi connectivity index (χ1) is 26.4. The third-order valence-electron chi connectivity index (χ3n) is 12.8. The number of aliphatic hydroxyl groups excluding tert-OH is 1. The van der Waals surface area contributed by atoms with Gasteiger partial charge in [-0.25, -0.2) is 0 Å². The van der Waals surface area contributed by atoms with Gasteiger partial charge in [0.05, 0.1) is 20.3 Å². The number of aliphatic hydroxyl groups is 1. The zero-order valence-corrected chi connectivity index (χ0v) is 32.2. The van der Waals surface area contributed by atoms with Gasteiger partial charge in [-0.1, -0.05) is 81.3 Å². The topological polar surface area (TPSA) is 69.2 Å². The van der Waals surface area contributed by atoms with E-state index >= 15 is 0 Å². The van der Waals surface area contributed by atoms with E-state index < -0.39 is 5.60 Å². The van der Waals surface area contributed by atoms with E-state index in [9.17, 15) is 5.11 Å². The molecule has 1 unspecified atom stereocenters. The molecular formula is C48H53NO5. The van der Waals surface area contributed by atoms with Crippen LogP contribution in [0.25, 0.3) is 28.0 Å². The van der Waals surface area contributed by atoms with E-state index in [0.29, 0.717) is 24.4 Å². The normalized spacial score (nSPS) is 18.8. The molecule has 280 valence electrons. The quantitative estimate of drug-likeness (QED) is 0.118. The number of rotatable bonds is 13. The van der Waals surface area contributed by atoms with Crippen LogP contribution in [0.4, 0.5) is 5.69 Å². The number of benzene rings is 5. The molecule has 5 aromatic rings. The zero-order chi connectivity index (χ0) is 37.3. The molecule has 3 aliphatic rings. The smallest absolute Gasteiger partial charge is 0.178 e. The van der Waals surface area contributed by atoms with Crippen LogP contribution >= 0.6 is 0 Å². The highest BCUT2D eigenvalue weighted by molar-refractivity contribution is 6.09. The van der Waals surface area contributed by atoms with Gasteiger partial charge in [0.15, 0.2) is 5.60 Å². The van der Waals surface area contributed by atoms with E-state index in [0.717, 1.165) is 53.1 Å². The number of nitrogens with one attached hydrogen (secondary N) is 1. The highest BCUT2D eigenvalue weighted by atomic mass is 16.5. The first-order valence-electron chi connectivity index (χ1n) is 19.9. The number of hydrogen-bond acceptors (Lipinski definition) is 6. The Kier molecular flexibility index (Phi) is 9.93. The molecule has 0 amide bonds. The summed E-state index contributed by atoms with van der Waals surface area (Å²) < 4.78 is 24.9. The summed E-state index contributed by atoms with van der Waals surface area (Å²) in [5, 5.41) is 15.1. The third kappa shape index (κ3) is 5.95. The van der Waals surface area contributed by atoms with Gasteiger partial charge >= 0.3 is 0 Å². The molecule has 0 saturated heterocycles. The van der Waals surface area contributed by atoms with Gasteiger partial charge in [0.1, 0.15) is 23.9 Å². The Bertz CT molecular complexity index is 2140. The molecule has 0 aromatic heterocycles. The van der Waals surface area contributed by atoms with Crippen molar-refractivity contribution < 1.29 is 24.1 Å². The van der Waals surface area contributed by atoms with Crippen molar-refractivity contribution in [1.29, 1.82) is 0 Å². The standard InChI is InChI=1S/C48H53NO5/c1-5-46(6-2)24-26-47(27-25-46)42-11-9-8-10-39(42)43-38-21-20-37(51-4)32-41(38)45-40(44(43)47)22-23-48(54-45,34-14-18-36(19-15-34)53-31-29-50)33-12-16-35(17-13-33)49-28-30-52-7-3/h8-23,32,49-50H,5-7,24-31H2,1-4H3. The fourth-order valence-electron chi connectivity index (χ4n) is 9.65. The first kappa shape index (κ1) is 36.2. The maximum Gasteiger partial charge on any atom is 0.178 e. The van der Waals surface area contributed by atoms with Gasteiger partial charge in [0.2, 0.25) is 0 Å². The van der Waals surface area contributed by atoms with Gasteiger partial charge < -0.3 is 29.4 Å². The van der Waals surface area contributed by atoms with Crippen molar-refractivity contribution >= 4 is 22.5 Å². The number of methoxy groups -OCH3 is 1. The molecule has 6 nitrogen and oxygen atoms in total. The van der Waals surface area contributed by atoms with Gasteiger partial charge in [-0.05, 0) is 114 Å². The lowest BCUT2D eigenvalue weighted by Gasteiger charge is -2.47. The Labute approximate surface area is 320 Å². The average Bonchev–Trinajstić information content (AvgIpc) is 3.52. The summed E-state index contributed by atoms with van der Waals surface area (Å²) in [4.78, 5) is 0. The van der Waals surface area contributed by atoms with E-state index in [4.69, 9.17) is 18.9 Å². The summed E-state index contributed by atoms with van der Waals surface area (Å²) in [6, 6.07) is 32.3.